The molecule has 0 amide bonds. The van der Waals surface area contributed by atoms with Crippen LogP contribution in [0, 0.1) is 0 Å². The number of aromatic carboxylic acids is 1. The third-order valence-corrected chi connectivity index (χ3v) is 3.94. The largest absolute Gasteiger partial charge is 0.506 e. The van der Waals surface area contributed by atoms with Gasteiger partial charge in [-0.3, -0.25) is 4.40 Å². The molecule has 1 unspecified atom stereocenters. The first-order valence-corrected chi connectivity index (χ1v) is 6.76. The highest BCUT2D eigenvalue weighted by Gasteiger charge is 2.28. The van der Waals surface area contributed by atoms with Crippen molar-refractivity contribution in [2.24, 2.45) is 0 Å². The maximum Gasteiger partial charge on any atom is 0.356 e. The van der Waals surface area contributed by atoms with E-state index in [1.54, 1.807) is 16.7 Å². The van der Waals surface area contributed by atoms with Gasteiger partial charge in [-0.25, -0.2) is 9.78 Å². The van der Waals surface area contributed by atoms with Gasteiger partial charge in [0.05, 0.1) is 11.7 Å². The summed E-state index contributed by atoms with van der Waals surface area (Å²) in [5.41, 5.74) is 0.579. The lowest BCUT2D eigenvalue weighted by atomic mass is 10.1. The lowest BCUT2D eigenvalue weighted by molar-refractivity contribution is 0.0693. The highest BCUT2D eigenvalue weighted by Crippen LogP contribution is 2.29. The van der Waals surface area contributed by atoms with Gasteiger partial charge in [0.1, 0.15) is 11.6 Å². The van der Waals surface area contributed by atoms with Crippen LogP contribution in [-0.2, 0) is 0 Å². The average Bonchev–Trinajstić information content (AvgIpc) is 3.01. The molecule has 6 nitrogen and oxygen atoms in total. The molecule has 106 valence electrons. The first-order chi connectivity index (χ1) is 9.60. The van der Waals surface area contributed by atoms with Gasteiger partial charge in [0.25, 0.3) is 0 Å². The molecule has 1 fully saturated rings. The van der Waals surface area contributed by atoms with Gasteiger partial charge in [-0.1, -0.05) is 6.92 Å². The summed E-state index contributed by atoms with van der Waals surface area (Å²) in [5.74, 6) is 0.00446. The number of imidazole rings is 1. The first-order valence-electron chi connectivity index (χ1n) is 6.76. The Labute approximate surface area is 116 Å². The van der Waals surface area contributed by atoms with Gasteiger partial charge in [0.2, 0.25) is 0 Å². The Morgan fingerprint density at radius 1 is 1.50 bits per heavy atom. The third-order valence-electron chi connectivity index (χ3n) is 3.94. The molecule has 0 aliphatic carbocycles. The summed E-state index contributed by atoms with van der Waals surface area (Å²) in [7, 11) is 0. The van der Waals surface area contributed by atoms with E-state index in [2.05, 4.69) is 16.8 Å². The quantitative estimate of drug-likeness (QED) is 0.888. The second-order valence-corrected chi connectivity index (χ2v) is 5.15. The number of rotatable bonds is 3. The molecule has 1 aliphatic rings. The molecule has 0 saturated carbocycles. The Morgan fingerprint density at radius 3 is 2.95 bits per heavy atom. The van der Waals surface area contributed by atoms with E-state index in [9.17, 15) is 15.0 Å². The summed E-state index contributed by atoms with van der Waals surface area (Å²) in [4.78, 5) is 17.9. The second kappa shape index (κ2) is 4.79. The van der Waals surface area contributed by atoms with Crippen molar-refractivity contribution in [1.82, 2.24) is 14.3 Å². The SMILES string of the molecule is CCN1CCC(c2nc(C(=O)O)c3ccc(O)cn23)C1. The van der Waals surface area contributed by atoms with E-state index in [4.69, 9.17) is 0 Å². The van der Waals surface area contributed by atoms with Gasteiger partial charge < -0.3 is 15.1 Å². The highest BCUT2D eigenvalue weighted by atomic mass is 16.4. The molecule has 0 bridgehead atoms. The Morgan fingerprint density at radius 2 is 2.30 bits per heavy atom. The topological polar surface area (TPSA) is 78.1 Å². The molecular formula is C14H17N3O3. The van der Waals surface area contributed by atoms with E-state index in [1.807, 2.05) is 0 Å². The summed E-state index contributed by atoms with van der Waals surface area (Å²) in [5, 5.41) is 18.9. The molecule has 2 N–H and O–H groups in total. The minimum absolute atomic E-state index is 0.0509. The number of hydrogen-bond acceptors (Lipinski definition) is 4. The van der Waals surface area contributed by atoms with Crippen LogP contribution in [0.15, 0.2) is 18.3 Å². The predicted octanol–water partition coefficient (Wildman–Crippen LogP) is 1.55. The summed E-state index contributed by atoms with van der Waals surface area (Å²) >= 11 is 0. The molecule has 20 heavy (non-hydrogen) atoms. The van der Waals surface area contributed by atoms with Crippen LogP contribution in [0.1, 0.15) is 35.6 Å². The molecule has 1 atom stereocenters. The second-order valence-electron chi connectivity index (χ2n) is 5.15. The summed E-state index contributed by atoms with van der Waals surface area (Å²) in [6.45, 7) is 4.97. The fourth-order valence-electron chi connectivity index (χ4n) is 2.87. The molecule has 6 heteroatoms. The standard InChI is InChI=1S/C14H17N3O3/c1-2-16-6-5-9(7-16)13-15-12(14(19)20)11-4-3-10(18)8-17(11)13/h3-4,8-9,18H,2,5-7H2,1H3,(H,19,20). The number of carbonyl (C=O) groups is 1. The number of aromatic hydroxyl groups is 1. The average molecular weight is 275 g/mol. The molecule has 2 aromatic heterocycles. The number of likely N-dealkylation sites (tertiary alicyclic amines) is 1. The first kappa shape index (κ1) is 12.9. The monoisotopic (exact) mass is 275 g/mol. The number of nitrogens with zero attached hydrogens (tertiary/aromatic N) is 3. The van der Waals surface area contributed by atoms with Crippen molar-refractivity contribution in [3.05, 3.63) is 29.8 Å². The molecule has 3 heterocycles. The fourth-order valence-corrected chi connectivity index (χ4v) is 2.87. The van der Waals surface area contributed by atoms with Crippen molar-refractivity contribution in [3.8, 4) is 5.75 Å². The minimum atomic E-state index is -1.04. The van der Waals surface area contributed by atoms with Crippen LogP contribution in [0.5, 0.6) is 5.75 Å². The van der Waals surface area contributed by atoms with E-state index in [1.165, 1.54) is 6.07 Å². The Bertz CT molecular complexity index is 665. The van der Waals surface area contributed by atoms with Crippen molar-refractivity contribution >= 4 is 11.5 Å². The minimum Gasteiger partial charge on any atom is -0.506 e. The molecule has 3 rings (SSSR count). The molecule has 1 aliphatic heterocycles. The summed E-state index contributed by atoms with van der Waals surface area (Å²) in [6.07, 6.45) is 2.50. The van der Waals surface area contributed by atoms with Crippen LogP contribution in [0.2, 0.25) is 0 Å². The number of pyridine rings is 1. The normalized spacial score (nSPS) is 19.8. The zero-order chi connectivity index (χ0) is 14.3. The zero-order valence-corrected chi connectivity index (χ0v) is 11.3. The number of hydrogen-bond donors (Lipinski definition) is 2. The lowest BCUT2D eigenvalue weighted by Gasteiger charge is -2.12. The third kappa shape index (κ3) is 2.02. The molecule has 1 saturated heterocycles. The van der Waals surface area contributed by atoms with Crippen molar-refractivity contribution in [3.63, 3.8) is 0 Å². The van der Waals surface area contributed by atoms with Crippen LogP contribution in [0.25, 0.3) is 5.52 Å². The van der Waals surface area contributed by atoms with Crippen LogP contribution in [-0.4, -0.2) is 50.1 Å². The van der Waals surface area contributed by atoms with Gasteiger partial charge in [-0.2, -0.15) is 0 Å². The van der Waals surface area contributed by atoms with Gasteiger partial charge in [0, 0.05) is 12.5 Å². The fraction of sp³-hybridized carbons (Fsp3) is 0.429. The van der Waals surface area contributed by atoms with Crippen LogP contribution >= 0.6 is 0 Å². The maximum atomic E-state index is 11.3. The zero-order valence-electron chi connectivity index (χ0n) is 11.3. The number of carboxylic acid groups (broad SMARTS) is 1. The molecule has 0 spiro atoms. The Hall–Kier alpha value is -2.08. The summed E-state index contributed by atoms with van der Waals surface area (Å²) in [6, 6.07) is 3.09. The Balaban J connectivity index is 2.10. The lowest BCUT2D eigenvalue weighted by Crippen LogP contribution is -2.19. The van der Waals surface area contributed by atoms with Crippen molar-refractivity contribution in [1.29, 1.82) is 0 Å². The van der Waals surface area contributed by atoms with Crippen molar-refractivity contribution < 1.29 is 15.0 Å². The molecular weight excluding hydrogens is 258 g/mol. The highest BCUT2D eigenvalue weighted by molar-refractivity contribution is 5.93. The molecule has 0 aromatic carbocycles. The number of fused-ring (bicyclic) bond motifs is 1. The van der Waals surface area contributed by atoms with Gasteiger partial charge in [-0.05, 0) is 31.6 Å². The van der Waals surface area contributed by atoms with Crippen LogP contribution < -0.4 is 0 Å². The predicted molar refractivity (Wildman–Crippen MR) is 73.3 cm³/mol. The van der Waals surface area contributed by atoms with E-state index in [0.717, 1.165) is 31.9 Å². The molecule has 2 aromatic rings. The van der Waals surface area contributed by atoms with E-state index >= 15 is 0 Å². The molecule has 0 radical (unpaired) electrons. The number of carboxylic acids is 1. The van der Waals surface area contributed by atoms with Gasteiger partial charge in [0.15, 0.2) is 5.69 Å². The van der Waals surface area contributed by atoms with Crippen molar-refractivity contribution in [2.75, 3.05) is 19.6 Å². The van der Waals surface area contributed by atoms with Crippen LogP contribution in [0.3, 0.4) is 0 Å². The number of aromatic nitrogens is 2. The maximum absolute atomic E-state index is 11.3. The van der Waals surface area contributed by atoms with E-state index in [-0.39, 0.29) is 17.4 Å². The summed E-state index contributed by atoms with van der Waals surface area (Å²) < 4.78 is 1.71. The smallest absolute Gasteiger partial charge is 0.356 e. The van der Waals surface area contributed by atoms with Gasteiger partial charge >= 0.3 is 5.97 Å². The van der Waals surface area contributed by atoms with Crippen LogP contribution in [0.4, 0.5) is 0 Å². The number of likely N-dealkylation sites (N-methyl/N-ethyl adjacent to an activating group) is 1. The van der Waals surface area contributed by atoms with E-state index < -0.39 is 5.97 Å². The van der Waals surface area contributed by atoms with E-state index in [0.29, 0.717) is 5.52 Å². The van der Waals surface area contributed by atoms with Gasteiger partial charge in [-0.15, -0.1) is 0 Å². The van der Waals surface area contributed by atoms with Crippen molar-refractivity contribution in [2.45, 2.75) is 19.3 Å². The Kier molecular flexibility index (Phi) is 3.10.